The molecule has 0 aromatic heterocycles. The summed E-state index contributed by atoms with van der Waals surface area (Å²) in [6.45, 7) is 15.4. The zero-order chi connectivity index (χ0) is 14.4. The van der Waals surface area contributed by atoms with Crippen molar-refractivity contribution in [3.8, 4) is 6.07 Å². The van der Waals surface area contributed by atoms with Crippen LogP contribution in [0, 0.1) is 17.2 Å². The average molecular weight is 256 g/mol. The second kappa shape index (κ2) is 6.54. The smallest absolute Gasteiger partial charge is 0.0676 e. The first-order valence-electron chi connectivity index (χ1n) is 6.74. The van der Waals surface area contributed by atoms with E-state index in [2.05, 4.69) is 37.7 Å². The van der Waals surface area contributed by atoms with Crippen molar-refractivity contribution in [1.29, 1.82) is 5.26 Å². The summed E-state index contributed by atoms with van der Waals surface area (Å²) in [6.07, 6.45) is 11.7. The zero-order valence-corrected chi connectivity index (χ0v) is 11.7. The molecule has 19 heavy (non-hydrogen) atoms. The van der Waals surface area contributed by atoms with Gasteiger partial charge in [-0.1, -0.05) is 24.3 Å². The van der Waals surface area contributed by atoms with Gasteiger partial charge in [0.1, 0.15) is 0 Å². The van der Waals surface area contributed by atoms with Gasteiger partial charge in [0.2, 0.25) is 0 Å². The molecule has 0 amide bonds. The van der Waals surface area contributed by atoms with Crippen molar-refractivity contribution in [1.82, 2.24) is 5.32 Å². The Kier molecular flexibility index (Phi) is 5.32. The standard InChI is InChI=1S/C17H24N2/c1-5-9-16(10-6-2)13-15(14-18)17(19-16,11-7-3)12-8-4/h5-8,15,19H,1-4,9-13H2. The van der Waals surface area contributed by atoms with Gasteiger partial charge in [0, 0.05) is 11.1 Å². The molecule has 0 aromatic carbocycles. The molecule has 1 heterocycles. The van der Waals surface area contributed by atoms with E-state index in [9.17, 15) is 5.26 Å². The Hall–Kier alpha value is -1.59. The molecule has 1 atom stereocenters. The van der Waals surface area contributed by atoms with E-state index >= 15 is 0 Å². The summed E-state index contributed by atoms with van der Waals surface area (Å²) in [6, 6.07) is 2.47. The van der Waals surface area contributed by atoms with E-state index in [1.54, 1.807) is 0 Å². The van der Waals surface area contributed by atoms with Gasteiger partial charge in [-0.05, 0) is 32.1 Å². The highest BCUT2D eigenvalue weighted by molar-refractivity contribution is 5.21. The fourth-order valence-electron chi connectivity index (χ4n) is 3.31. The van der Waals surface area contributed by atoms with Crippen LogP contribution in [-0.4, -0.2) is 11.1 Å². The van der Waals surface area contributed by atoms with Crippen molar-refractivity contribution in [3.05, 3.63) is 50.6 Å². The predicted octanol–water partition coefficient (Wildman–Crippen LogP) is 3.90. The fraction of sp³-hybridized carbons (Fsp3) is 0.471. The van der Waals surface area contributed by atoms with Crippen LogP contribution in [0.3, 0.4) is 0 Å². The second-order valence-corrected chi connectivity index (χ2v) is 5.42. The van der Waals surface area contributed by atoms with Crippen molar-refractivity contribution in [3.63, 3.8) is 0 Å². The van der Waals surface area contributed by atoms with E-state index in [0.717, 1.165) is 32.1 Å². The first-order chi connectivity index (χ1) is 9.12. The van der Waals surface area contributed by atoms with Crippen LogP contribution >= 0.6 is 0 Å². The van der Waals surface area contributed by atoms with Gasteiger partial charge in [-0.2, -0.15) is 5.26 Å². The Morgan fingerprint density at radius 2 is 1.47 bits per heavy atom. The summed E-state index contributed by atoms with van der Waals surface area (Å²) in [7, 11) is 0. The van der Waals surface area contributed by atoms with Crippen LogP contribution in [0.4, 0.5) is 0 Å². The Morgan fingerprint density at radius 1 is 1.00 bits per heavy atom. The van der Waals surface area contributed by atoms with Gasteiger partial charge in [0.25, 0.3) is 0 Å². The third-order valence-electron chi connectivity index (χ3n) is 4.02. The van der Waals surface area contributed by atoms with Crippen molar-refractivity contribution in [2.24, 2.45) is 5.92 Å². The SMILES string of the molecule is C=CCC1(CC=C)CC(C#N)C(CC=C)(CC=C)N1. The van der Waals surface area contributed by atoms with E-state index in [1.807, 2.05) is 24.3 Å². The molecule has 1 fully saturated rings. The average Bonchev–Trinajstić information content (AvgIpc) is 2.65. The molecular weight excluding hydrogens is 232 g/mol. The minimum atomic E-state index is -0.246. The molecule has 0 radical (unpaired) electrons. The molecule has 0 spiro atoms. The Balaban J connectivity index is 3.14. The van der Waals surface area contributed by atoms with E-state index < -0.39 is 0 Å². The summed E-state index contributed by atoms with van der Waals surface area (Å²) in [4.78, 5) is 0. The minimum Gasteiger partial charge on any atom is -0.303 e. The summed E-state index contributed by atoms with van der Waals surface area (Å²) in [5, 5.41) is 13.2. The number of nitrogens with one attached hydrogen (secondary N) is 1. The highest BCUT2D eigenvalue weighted by Gasteiger charge is 2.51. The molecule has 1 N–H and O–H groups in total. The number of hydrogen-bond donors (Lipinski definition) is 1. The zero-order valence-electron chi connectivity index (χ0n) is 11.7. The lowest BCUT2D eigenvalue weighted by Crippen LogP contribution is -2.51. The number of hydrogen-bond acceptors (Lipinski definition) is 2. The van der Waals surface area contributed by atoms with Crippen LogP contribution in [0.2, 0.25) is 0 Å². The molecule has 0 aliphatic carbocycles. The molecule has 2 nitrogen and oxygen atoms in total. The molecule has 0 aromatic rings. The Labute approximate surface area is 117 Å². The van der Waals surface area contributed by atoms with Crippen molar-refractivity contribution in [2.45, 2.75) is 43.2 Å². The maximum absolute atomic E-state index is 9.51. The third kappa shape index (κ3) is 3.05. The molecule has 1 aliphatic heterocycles. The van der Waals surface area contributed by atoms with Gasteiger partial charge >= 0.3 is 0 Å². The molecule has 1 saturated heterocycles. The maximum Gasteiger partial charge on any atom is 0.0676 e. The summed E-state index contributed by atoms with van der Waals surface area (Å²) < 4.78 is 0. The first-order valence-corrected chi connectivity index (χ1v) is 6.74. The molecular formula is C17H24N2. The van der Waals surface area contributed by atoms with Crippen LogP contribution in [0.15, 0.2) is 50.6 Å². The number of nitriles is 1. The lowest BCUT2D eigenvalue weighted by molar-refractivity contribution is 0.282. The monoisotopic (exact) mass is 256 g/mol. The molecule has 102 valence electrons. The quantitative estimate of drug-likeness (QED) is 0.668. The van der Waals surface area contributed by atoms with Crippen molar-refractivity contribution in [2.75, 3.05) is 0 Å². The van der Waals surface area contributed by atoms with E-state index in [1.165, 1.54) is 0 Å². The van der Waals surface area contributed by atoms with Crippen LogP contribution in [0.1, 0.15) is 32.1 Å². The highest BCUT2D eigenvalue weighted by Crippen LogP contribution is 2.44. The van der Waals surface area contributed by atoms with Gasteiger partial charge < -0.3 is 5.32 Å². The van der Waals surface area contributed by atoms with E-state index in [-0.39, 0.29) is 17.0 Å². The van der Waals surface area contributed by atoms with Crippen LogP contribution in [0.5, 0.6) is 0 Å². The van der Waals surface area contributed by atoms with E-state index in [4.69, 9.17) is 0 Å². The predicted molar refractivity (Wildman–Crippen MR) is 81.6 cm³/mol. The Morgan fingerprint density at radius 3 is 1.84 bits per heavy atom. The summed E-state index contributed by atoms with van der Waals surface area (Å²) in [5.74, 6) is -0.0385. The fourth-order valence-corrected chi connectivity index (χ4v) is 3.31. The largest absolute Gasteiger partial charge is 0.303 e. The van der Waals surface area contributed by atoms with Crippen LogP contribution in [-0.2, 0) is 0 Å². The Bertz CT molecular complexity index is 380. The highest BCUT2D eigenvalue weighted by atomic mass is 15.1. The molecule has 0 bridgehead atoms. The lowest BCUT2D eigenvalue weighted by Gasteiger charge is -2.35. The van der Waals surface area contributed by atoms with Gasteiger partial charge in [0.05, 0.1) is 12.0 Å². The molecule has 1 aliphatic rings. The molecule has 2 heteroatoms. The first kappa shape index (κ1) is 15.5. The van der Waals surface area contributed by atoms with Gasteiger partial charge in [0.15, 0.2) is 0 Å². The van der Waals surface area contributed by atoms with Gasteiger partial charge in [-0.25, -0.2) is 0 Å². The van der Waals surface area contributed by atoms with Crippen molar-refractivity contribution < 1.29 is 0 Å². The summed E-state index contributed by atoms with van der Waals surface area (Å²) in [5.41, 5.74) is -0.347. The second-order valence-electron chi connectivity index (χ2n) is 5.42. The van der Waals surface area contributed by atoms with Gasteiger partial charge in [-0.3, -0.25) is 0 Å². The maximum atomic E-state index is 9.51. The van der Waals surface area contributed by atoms with Crippen LogP contribution < -0.4 is 5.32 Å². The van der Waals surface area contributed by atoms with Crippen LogP contribution in [0.25, 0.3) is 0 Å². The van der Waals surface area contributed by atoms with Gasteiger partial charge in [-0.15, -0.1) is 26.3 Å². The molecule has 1 rings (SSSR count). The molecule has 1 unspecified atom stereocenters. The summed E-state index contributed by atoms with van der Waals surface area (Å²) >= 11 is 0. The normalized spacial score (nSPS) is 23.2. The number of rotatable bonds is 8. The molecule has 0 saturated carbocycles. The van der Waals surface area contributed by atoms with E-state index in [0.29, 0.717) is 0 Å². The number of nitrogens with zero attached hydrogens (tertiary/aromatic N) is 1. The topological polar surface area (TPSA) is 35.8 Å². The lowest BCUT2D eigenvalue weighted by atomic mass is 9.79. The van der Waals surface area contributed by atoms with Crippen molar-refractivity contribution >= 4 is 0 Å². The third-order valence-corrected chi connectivity index (χ3v) is 4.02. The minimum absolute atomic E-state index is 0.0385.